The Morgan fingerprint density at radius 3 is 2.50 bits per heavy atom. The van der Waals surface area contributed by atoms with E-state index in [-0.39, 0.29) is 17.1 Å². The smallest absolute Gasteiger partial charge is 0.331 e. The van der Waals surface area contributed by atoms with E-state index in [0.717, 1.165) is 10.1 Å². The highest BCUT2D eigenvalue weighted by atomic mass is 35.5. The number of nitrogens with zero attached hydrogens (tertiary/aromatic N) is 1. The molecule has 20 heavy (non-hydrogen) atoms. The fourth-order valence-corrected chi connectivity index (χ4v) is 1.98. The highest BCUT2D eigenvalue weighted by Crippen LogP contribution is 2.24. The maximum Gasteiger partial charge on any atom is 0.331 e. The Hall–Kier alpha value is -2.27. The lowest BCUT2D eigenvalue weighted by molar-refractivity contribution is 0.412. The van der Waals surface area contributed by atoms with Gasteiger partial charge in [-0.15, -0.1) is 0 Å². The van der Waals surface area contributed by atoms with Crippen molar-refractivity contribution in [2.45, 2.75) is 13.5 Å². The Balaban J connectivity index is 2.70. The van der Waals surface area contributed by atoms with Crippen molar-refractivity contribution in [3.05, 3.63) is 62.3 Å². The van der Waals surface area contributed by atoms with Crippen LogP contribution >= 0.6 is 11.6 Å². The zero-order valence-electron chi connectivity index (χ0n) is 10.8. The predicted octanol–water partition coefficient (Wildman–Crippen LogP) is 1.97. The third kappa shape index (κ3) is 2.67. The third-order valence-corrected chi connectivity index (χ3v) is 2.96. The molecule has 0 aliphatic carbocycles. The van der Waals surface area contributed by atoms with Crippen LogP contribution in [0.15, 0.2) is 45.5 Å². The first kappa shape index (κ1) is 14.1. The monoisotopic (exact) mass is 292 g/mol. The number of aryl methyl sites for hydroxylation is 1. The number of benzene rings is 1. The van der Waals surface area contributed by atoms with E-state index in [1.165, 1.54) is 0 Å². The van der Waals surface area contributed by atoms with Gasteiger partial charge in [0.25, 0.3) is 5.56 Å². The van der Waals surface area contributed by atoms with Crippen LogP contribution in [0.4, 0.5) is 0 Å². The van der Waals surface area contributed by atoms with Gasteiger partial charge in [-0.05, 0) is 12.5 Å². The van der Waals surface area contributed by atoms with E-state index in [0.29, 0.717) is 5.56 Å². The van der Waals surface area contributed by atoms with Gasteiger partial charge in [-0.2, -0.15) is 0 Å². The van der Waals surface area contributed by atoms with Crippen molar-refractivity contribution in [3.8, 4) is 17.0 Å². The lowest BCUT2D eigenvalue weighted by atomic mass is 10.1. The number of hydrogen-bond donors (Lipinski definition) is 2. The Labute approximate surface area is 119 Å². The largest absolute Gasteiger partial charge is 0.494 e. The number of rotatable bonds is 3. The first-order chi connectivity index (χ1) is 9.40. The van der Waals surface area contributed by atoms with Crippen molar-refractivity contribution in [1.29, 1.82) is 0 Å². The lowest BCUT2D eigenvalue weighted by Crippen LogP contribution is -2.31. The van der Waals surface area contributed by atoms with Crippen molar-refractivity contribution in [2.24, 2.45) is 0 Å². The molecule has 1 aromatic heterocycles. The molecular formula is C14H13ClN2O3. The van der Waals surface area contributed by atoms with Crippen molar-refractivity contribution in [3.63, 3.8) is 0 Å². The predicted molar refractivity (Wildman–Crippen MR) is 78.2 cm³/mol. The molecule has 0 bridgehead atoms. The van der Waals surface area contributed by atoms with Crippen LogP contribution in [0.5, 0.6) is 5.88 Å². The summed E-state index contributed by atoms with van der Waals surface area (Å²) in [5, 5.41) is 10.3. The fraction of sp³-hybridized carbons (Fsp3) is 0.143. The number of halogens is 1. The van der Waals surface area contributed by atoms with E-state index in [2.05, 4.69) is 11.6 Å². The average Bonchev–Trinajstić information content (AvgIpc) is 2.36. The van der Waals surface area contributed by atoms with Crippen LogP contribution in [0, 0.1) is 6.92 Å². The van der Waals surface area contributed by atoms with E-state index >= 15 is 0 Å². The van der Waals surface area contributed by atoms with Gasteiger partial charge < -0.3 is 5.11 Å². The maximum atomic E-state index is 11.9. The van der Waals surface area contributed by atoms with E-state index < -0.39 is 17.1 Å². The third-order valence-electron chi connectivity index (χ3n) is 2.84. The topological polar surface area (TPSA) is 75.1 Å². The summed E-state index contributed by atoms with van der Waals surface area (Å²) in [6, 6.07) is 7.02. The second-order valence-electron chi connectivity index (χ2n) is 4.43. The summed E-state index contributed by atoms with van der Waals surface area (Å²) >= 11 is 5.66. The summed E-state index contributed by atoms with van der Waals surface area (Å²) < 4.78 is 0.964. The van der Waals surface area contributed by atoms with E-state index in [9.17, 15) is 14.7 Å². The van der Waals surface area contributed by atoms with Crippen molar-refractivity contribution >= 4 is 11.6 Å². The number of allylic oxidation sites excluding steroid dienone is 1. The SMILES string of the molecule is C=C(Cl)Cn1c(O)c(-c2ccc(C)cc2)c(=O)[nH]c1=O. The summed E-state index contributed by atoms with van der Waals surface area (Å²) in [4.78, 5) is 25.7. The number of nitrogens with one attached hydrogen (secondary N) is 1. The minimum absolute atomic E-state index is 0.0301. The molecule has 0 atom stereocenters. The van der Waals surface area contributed by atoms with E-state index in [1.54, 1.807) is 12.1 Å². The van der Waals surface area contributed by atoms with E-state index in [1.807, 2.05) is 19.1 Å². The van der Waals surface area contributed by atoms with Gasteiger partial charge in [0.2, 0.25) is 5.88 Å². The molecule has 6 heteroatoms. The Morgan fingerprint density at radius 1 is 1.35 bits per heavy atom. The molecule has 2 rings (SSSR count). The fourth-order valence-electron chi connectivity index (χ4n) is 1.86. The van der Waals surface area contributed by atoms with Crippen molar-refractivity contribution in [1.82, 2.24) is 9.55 Å². The van der Waals surface area contributed by atoms with Crippen LogP contribution in [0.1, 0.15) is 5.56 Å². The number of aromatic amines is 1. The first-order valence-electron chi connectivity index (χ1n) is 5.86. The number of aromatic nitrogens is 2. The van der Waals surface area contributed by atoms with Crippen LogP contribution in [0.3, 0.4) is 0 Å². The van der Waals surface area contributed by atoms with Gasteiger partial charge in [-0.1, -0.05) is 48.0 Å². The van der Waals surface area contributed by atoms with Crippen LogP contribution in [0.2, 0.25) is 0 Å². The molecule has 0 spiro atoms. The van der Waals surface area contributed by atoms with Gasteiger partial charge in [-0.3, -0.25) is 14.3 Å². The normalized spacial score (nSPS) is 10.5. The number of aromatic hydroxyl groups is 1. The molecule has 0 saturated heterocycles. The van der Waals surface area contributed by atoms with Crippen LogP contribution in [0.25, 0.3) is 11.1 Å². The molecule has 0 aliphatic heterocycles. The van der Waals surface area contributed by atoms with Gasteiger partial charge in [0.05, 0.1) is 6.54 Å². The summed E-state index contributed by atoms with van der Waals surface area (Å²) in [6.07, 6.45) is 0. The zero-order chi connectivity index (χ0) is 14.9. The van der Waals surface area contributed by atoms with Gasteiger partial charge in [-0.25, -0.2) is 4.79 Å². The standard InChI is InChI=1S/C14H13ClN2O3/c1-8-3-5-10(6-4-8)11-12(18)16-14(20)17(13(11)19)7-9(2)15/h3-6,19H,2,7H2,1H3,(H,16,18,20). The quantitative estimate of drug-likeness (QED) is 0.908. The first-order valence-corrected chi connectivity index (χ1v) is 6.24. The molecule has 5 nitrogen and oxygen atoms in total. The molecule has 1 aromatic carbocycles. The second-order valence-corrected chi connectivity index (χ2v) is 4.96. The molecule has 2 aromatic rings. The lowest BCUT2D eigenvalue weighted by Gasteiger charge is -2.10. The molecule has 1 heterocycles. The van der Waals surface area contributed by atoms with Crippen LogP contribution in [-0.4, -0.2) is 14.7 Å². The highest BCUT2D eigenvalue weighted by molar-refractivity contribution is 6.29. The molecule has 0 amide bonds. The molecule has 0 unspecified atom stereocenters. The second kappa shape index (κ2) is 5.38. The highest BCUT2D eigenvalue weighted by Gasteiger charge is 2.16. The maximum absolute atomic E-state index is 11.9. The Morgan fingerprint density at radius 2 is 1.95 bits per heavy atom. The van der Waals surface area contributed by atoms with Crippen LogP contribution in [-0.2, 0) is 6.54 Å². The molecule has 104 valence electrons. The summed E-state index contributed by atoms with van der Waals surface area (Å²) in [5.74, 6) is -0.426. The van der Waals surface area contributed by atoms with E-state index in [4.69, 9.17) is 11.6 Å². The number of hydrogen-bond acceptors (Lipinski definition) is 3. The Bertz CT molecular complexity index is 772. The van der Waals surface area contributed by atoms with Gasteiger partial charge in [0, 0.05) is 5.03 Å². The summed E-state index contributed by atoms with van der Waals surface area (Å²) in [5.41, 5.74) is 0.191. The minimum Gasteiger partial charge on any atom is -0.494 e. The van der Waals surface area contributed by atoms with Crippen molar-refractivity contribution in [2.75, 3.05) is 0 Å². The summed E-state index contributed by atoms with van der Waals surface area (Å²) in [6.45, 7) is 5.30. The molecule has 0 radical (unpaired) electrons. The number of H-pyrrole nitrogens is 1. The Kier molecular flexibility index (Phi) is 3.81. The van der Waals surface area contributed by atoms with Gasteiger partial charge in [0.1, 0.15) is 5.56 Å². The molecule has 2 N–H and O–H groups in total. The van der Waals surface area contributed by atoms with Gasteiger partial charge >= 0.3 is 5.69 Å². The molecule has 0 fully saturated rings. The van der Waals surface area contributed by atoms with Crippen molar-refractivity contribution < 1.29 is 5.11 Å². The minimum atomic E-state index is -0.731. The average molecular weight is 293 g/mol. The summed E-state index contributed by atoms with van der Waals surface area (Å²) in [7, 11) is 0. The van der Waals surface area contributed by atoms with Gasteiger partial charge in [0.15, 0.2) is 0 Å². The zero-order valence-corrected chi connectivity index (χ0v) is 11.6. The molecule has 0 aliphatic rings. The molecular weight excluding hydrogens is 280 g/mol. The van der Waals surface area contributed by atoms with Crippen LogP contribution < -0.4 is 11.2 Å². The molecule has 0 saturated carbocycles.